The van der Waals surface area contributed by atoms with Gasteiger partial charge in [0, 0.05) is 9.86 Å². The molecule has 2 aromatic heterocycles. The normalized spacial score (nSPS) is 11.5. The van der Waals surface area contributed by atoms with Crippen LogP contribution in [0.1, 0.15) is 5.56 Å². The molecule has 0 saturated carbocycles. The quantitative estimate of drug-likeness (QED) is 0.670. The minimum atomic E-state index is -0.273. The van der Waals surface area contributed by atoms with Crippen LogP contribution in [0.5, 0.6) is 0 Å². The fourth-order valence-electron chi connectivity index (χ4n) is 1.98. The van der Waals surface area contributed by atoms with Crippen molar-refractivity contribution in [3.05, 3.63) is 37.7 Å². The monoisotopic (exact) mass is 311 g/mol. The van der Waals surface area contributed by atoms with E-state index in [1.807, 2.05) is 19.1 Å². The molecule has 0 radical (unpaired) electrons. The maximum Gasteiger partial charge on any atom is 0.288 e. The van der Waals surface area contributed by atoms with Gasteiger partial charge >= 0.3 is 0 Å². The largest absolute Gasteiger partial charge is 0.349 e. The molecule has 1 aromatic carbocycles. The van der Waals surface area contributed by atoms with Crippen LogP contribution >= 0.6 is 27.5 Å². The first kappa shape index (κ1) is 10.8. The number of H-pyrrole nitrogens is 2. The predicted molar refractivity (Wildman–Crippen MR) is 71.7 cm³/mol. The summed E-state index contributed by atoms with van der Waals surface area (Å²) in [6.45, 7) is 1.98. The summed E-state index contributed by atoms with van der Waals surface area (Å²) in [5.74, 6) is 0. The molecule has 0 aliphatic carbocycles. The highest BCUT2D eigenvalue weighted by molar-refractivity contribution is 9.10. The first-order valence-electron chi connectivity index (χ1n) is 4.93. The van der Waals surface area contributed by atoms with E-state index in [0.717, 1.165) is 20.9 Å². The van der Waals surface area contributed by atoms with Crippen LogP contribution in [0.25, 0.3) is 21.8 Å². The second kappa shape index (κ2) is 3.58. The number of nitrogens with zero attached hydrogens (tertiary/aromatic N) is 1. The number of hydrogen-bond donors (Lipinski definition) is 2. The topological polar surface area (TPSA) is 61.5 Å². The van der Waals surface area contributed by atoms with E-state index in [-0.39, 0.29) is 5.56 Å². The highest BCUT2D eigenvalue weighted by Crippen LogP contribution is 2.32. The van der Waals surface area contributed by atoms with E-state index in [1.165, 1.54) is 0 Å². The van der Waals surface area contributed by atoms with Gasteiger partial charge in [0.25, 0.3) is 5.56 Å². The third-order valence-corrected chi connectivity index (χ3v) is 3.59. The van der Waals surface area contributed by atoms with E-state index < -0.39 is 0 Å². The number of fused-ring (bicyclic) bond motifs is 3. The van der Waals surface area contributed by atoms with Gasteiger partial charge in [-0.25, -0.2) is 5.10 Å². The number of aromatic amines is 2. The van der Waals surface area contributed by atoms with E-state index in [9.17, 15) is 4.79 Å². The van der Waals surface area contributed by atoms with Crippen LogP contribution < -0.4 is 5.56 Å². The smallest absolute Gasteiger partial charge is 0.288 e. The molecule has 4 nitrogen and oxygen atoms in total. The number of aromatic nitrogens is 3. The zero-order valence-corrected chi connectivity index (χ0v) is 11.1. The summed E-state index contributed by atoms with van der Waals surface area (Å²) in [7, 11) is 0. The molecule has 6 heteroatoms. The number of halogens is 2. The van der Waals surface area contributed by atoms with Gasteiger partial charge in [0.15, 0.2) is 5.15 Å². The van der Waals surface area contributed by atoms with Gasteiger partial charge in [0.2, 0.25) is 0 Å². The van der Waals surface area contributed by atoms with Crippen LogP contribution in [-0.2, 0) is 0 Å². The zero-order valence-electron chi connectivity index (χ0n) is 8.77. The molecule has 3 aromatic rings. The minimum Gasteiger partial charge on any atom is -0.349 e. The van der Waals surface area contributed by atoms with Crippen molar-refractivity contribution in [3.63, 3.8) is 0 Å². The lowest BCUT2D eigenvalue weighted by molar-refractivity contribution is 1.01. The molecule has 0 aliphatic heterocycles. The lowest BCUT2D eigenvalue weighted by Gasteiger charge is -1.97. The highest BCUT2D eigenvalue weighted by Gasteiger charge is 2.13. The van der Waals surface area contributed by atoms with Crippen LogP contribution in [0.2, 0.25) is 5.15 Å². The maximum atomic E-state index is 11.7. The Balaban J connectivity index is 2.70. The van der Waals surface area contributed by atoms with Gasteiger partial charge in [-0.3, -0.25) is 4.79 Å². The highest BCUT2D eigenvalue weighted by atomic mass is 79.9. The number of aryl methyl sites for hydroxylation is 1. The first-order chi connectivity index (χ1) is 8.08. The van der Waals surface area contributed by atoms with Crippen molar-refractivity contribution in [1.82, 2.24) is 15.2 Å². The molecular weight excluding hydrogens is 305 g/mol. The molecule has 0 spiro atoms. The summed E-state index contributed by atoms with van der Waals surface area (Å²) in [5, 5.41) is 7.99. The lowest BCUT2D eigenvalue weighted by Crippen LogP contribution is -2.07. The Kier molecular flexibility index (Phi) is 2.27. The van der Waals surface area contributed by atoms with Gasteiger partial charge < -0.3 is 4.98 Å². The van der Waals surface area contributed by atoms with Crippen molar-refractivity contribution in [2.24, 2.45) is 0 Å². The molecule has 86 valence electrons. The molecule has 0 bridgehead atoms. The Labute approximate surface area is 109 Å². The molecule has 0 unspecified atom stereocenters. The summed E-state index contributed by atoms with van der Waals surface area (Å²) in [5.41, 5.74) is 2.11. The third kappa shape index (κ3) is 1.50. The van der Waals surface area contributed by atoms with E-state index in [1.54, 1.807) is 0 Å². The Morgan fingerprint density at radius 1 is 1.35 bits per heavy atom. The summed E-state index contributed by atoms with van der Waals surface area (Å²) >= 11 is 9.51. The molecule has 0 aliphatic rings. The van der Waals surface area contributed by atoms with Crippen molar-refractivity contribution in [2.75, 3.05) is 0 Å². The second-order valence-electron chi connectivity index (χ2n) is 3.89. The number of rotatable bonds is 0. The predicted octanol–water partition coefficient (Wildman–Crippen LogP) is 3.13. The van der Waals surface area contributed by atoms with Gasteiger partial charge in [-0.1, -0.05) is 11.6 Å². The number of nitrogens with one attached hydrogen (secondary N) is 2. The third-order valence-electron chi connectivity index (χ3n) is 2.69. The Morgan fingerprint density at radius 3 is 2.88 bits per heavy atom. The van der Waals surface area contributed by atoms with Crippen molar-refractivity contribution >= 4 is 49.3 Å². The Morgan fingerprint density at radius 2 is 2.12 bits per heavy atom. The van der Waals surface area contributed by atoms with Gasteiger partial charge in [-0.2, -0.15) is 5.10 Å². The van der Waals surface area contributed by atoms with E-state index in [2.05, 4.69) is 31.1 Å². The molecule has 0 atom stereocenters. The standard InChI is InChI=1S/C11H7BrClN3O/c1-4-2-5-7-9(11(17)16-15-10(7)13)14-8(5)6(12)3-4/h2-3,14H,1H3,(H,16,17). The fourth-order valence-corrected chi connectivity index (χ4v) is 2.90. The van der Waals surface area contributed by atoms with Crippen LogP contribution in [0.4, 0.5) is 0 Å². The molecule has 0 amide bonds. The molecule has 2 N–H and O–H groups in total. The summed E-state index contributed by atoms with van der Waals surface area (Å²) in [6, 6.07) is 3.96. The molecule has 17 heavy (non-hydrogen) atoms. The average Bonchev–Trinajstić information content (AvgIpc) is 2.64. The van der Waals surface area contributed by atoms with Crippen LogP contribution in [0, 0.1) is 6.92 Å². The van der Waals surface area contributed by atoms with E-state index in [4.69, 9.17) is 11.6 Å². The zero-order chi connectivity index (χ0) is 12.2. The maximum absolute atomic E-state index is 11.7. The molecule has 2 heterocycles. The van der Waals surface area contributed by atoms with Crippen LogP contribution in [-0.4, -0.2) is 15.2 Å². The molecular formula is C11H7BrClN3O. The molecule has 0 saturated heterocycles. The van der Waals surface area contributed by atoms with E-state index in [0.29, 0.717) is 16.1 Å². The Hall–Kier alpha value is -1.33. The fraction of sp³-hybridized carbons (Fsp3) is 0.0909. The van der Waals surface area contributed by atoms with Crippen LogP contribution in [0.15, 0.2) is 21.4 Å². The molecule has 3 rings (SSSR count). The summed E-state index contributed by atoms with van der Waals surface area (Å²) in [4.78, 5) is 14.7. The van der Waals surface area contributed by atoms with E-state index >= 15 is 0 Å². The first-order valence-corrected chi connectivity index (χ1v) is 6.10. The van der Waals surface area contributed by atoms with Crippen LogP contribution in [0.3, 0.4) is 0 Å². The second-order valence-corrected chi connectivity index (χ2v) is 5.10. The number of benzene rings is 1. The SMILES string of the molecule is Cc1cc(Br)c2[nH]c3c(=O)[nH]nc(Cl)c3c2c1. The Bertz CT molecular complexity index is 806. The minimum absolute atomic E-state index is 0.273. The average molecular weight is 313 g/mol. The summed E-state index contributed by atoms with van der Waals surface area (Å²) < 4.78 is 0.902. The van der Waals surface area contributed by atoms with Gasteiger partial charge in [-0.05, 0) is 40.5 Å². The van der Waals surface area contributed by atoms with Crippen molar-refractivity contribution in [1.29, 1.82) is 0 Å². The van der Waals surface area contributed by atoms with Gasteiger partial charge in [0.1, 0.15) is 5.52 Å². The van der Waals surface area contributed by atoms with Gasteiger partial charge in [-0.15, -0.1) is 0 Å². The van der Waals surface area contributed by atoms with Gasteiger partial charge in [0.05, 0.1) is 10.9 Å². The summed E-state index contributed by atoms with van der Waals surface area (Å²) in [6.07, 6.45) is 0. The molecule has 0 fully saturated rings. The lowest BCUT2D eigenvalue weighted by atomic mass is 10.1. The number of hydrogen-bond acceptors (Lipinski definition) is 2. The van der Waals surface area contributed by atoms with Crippen molar-refractivity contribution < 1.29 is 0 Å². The van der Waals surface area contributed by atoms with Crippen molar-refractivity contribution in [3.8, 4) is 0 Å². The van der Waals surface area contributed by atoms with Crippen molar-refractivity contribution in [2.45, 2.75) is 6.92 Å².